The first-order valence-electron chi connectivity index (χ1n) is 6.95. The van der Waals surface area contributed by atoms with Gasteiger partial charge in [0.2, 0.25) is 5.91 Å². The molecule has 0 aromatic heterocycles. The first-order chi connectivity index (χ1) is 9.79. The maximum atomic E-state index is 12.6. The van der Waals surface area contributed by atoms with E-state index in [0.29, 0.717) is 0 Å². The second-order valence-corrected chi connectivity index (χ2v) is 6.88. The van der Waals surface area contributed by atoms with E-state index in [1.165, 1.54) is 11.1 Å². The van der Waals surface area contributed by atoms with Crippen LogP contribution < -0.4 is 5.32 Å². The fourth-order valence-electron chi connectivity index (χ4n) is 2.29. The molecule has 1 amide bonds. The van der Waals surface area contributed by atoms with Crippen LogP contribution in [0.3, 0.4) is 0 Å². The van der Waals surface area contributed by atoms with Crippen molar-refractivity contribution in [2.75, 3.05) is 5.32 Å². The fraction of sp³-hybridized carbons (Fsp3) is 0.278. The van der Waals surface area contributed by atoms with Crippen molar-refractivity contribution in [1.82, 2.24) is 0 Å². The minimum absolute atomic E-state index is 0.00479. The molecule has 2 rings (SSSR count). The van der Waals surface area contributed by atoms with Crippen molar-refractivity contribution in [2.24, 2.45) is 0 Å². The van der Waals surface area contributed by atoms with E-state index in [9.17, 15) is 4.79 Å². The molecule has 2 aromatic rings. The standard InChI is InChI=1S/C18H20BrNO/c1-12-9-13(2)11-14(10-12)18(3,4)17(21)20-16-7-5-15(19)6-8-16/h5-11H,1-4H3,(H,20,21). The van der Waals surface area contributed by atoms with Crippen molar-refractivity contribution in [3.63, 3.8) is 0 Å². The molecule has 0 radical (unpaired) electrons. The first-order valence-corrected chi connectivity index (χ1v) is 7.74. The third kappa shape index (κ3) is 3.73. The van der Waals surface area contributed by atoms with E-state index < -0.39 is 5.41 Å². The van der Waals surface area contributed by atoms with Crippen LogP contribution in [-0.2, 0) is 10.2 Å². The molecule has 0 unspecified atom stereocenters. The monoisotopic (exact) mass is 345 g/mol. The molecule has 0 fully saturated rings. The second kappa shape index (κ2) is 6.02. The van der Waals surface area contributed by atoms with Crippen LogP contribution in [0.2, 0.25) is 0 Å². The lowest BCUT2D eigenvalue weighted by Gasteiger charge is -2.25. The predicted octanol–water partition coefficient (Wildman–Crippen LogP) is 4.98. The highest BCUT2D eigenvalue weighted by atomic mass is 79.9. The van der Waals surface area contributed by atoms with Crippen LogP contribution in [0.25, 0.3) is 0 Å². The van der Waals surface area contributed by atoms with E-state index in [-0.39, 0.29) is 5.91 Å². The van der Waals surface area contributed by atoms with Crippen molar-refractivity contribution in [2.45, 2.75) is 33.1 Å². The number of carbonyl (C=O) groups excluding carboxylic acids is 1. The van der Waals surface area contributed by atoms with Gasteiger partial charge in [-0.2, -0.15) is 0 Å². The predicted molar refractivity (Wildman–Crippen MR) is 91.7 cm³/mol. The Bertz CT molecular complexity index is 639. The molecule has 0 saturated carbocycles. The third-order valence-corrected chi connectivity index (χ3v) is 4.14. The topological polar surface area (TPSA) is 29.1 Å². The summed E-state index contributed by atoms with van der Waals surface area (Å²) in [5.41, 5.74) is 3.61. The number of rotatable bonds is 3. The van der Waals surface area contributed by atoms with E-state index in [1.54, 1.807) is 0 Å². The summed E-state index contributed by atoms with van der Waals surface area (Å²) in [4.78, 5) is 12.6. The summed E-state index contributed by atoms with van der Waals surface area (Å²) in [6, 6.07) is 13.9. The lowest BCUT2D eigenvalue weighted by molar-refractivity contribution is -0.120. The van der Waals surface area contributed by atoms with Gasteiger partial charge in [0.15, 0.2) is 0 Å². The van der Waals surface area contributed by atoms with Crippen LogP contribution in [0.1, 0.15) is 30.5 Å². The van der Waals surface area contributed by atoms with Crippen molar-refractivity contribution >= 4 is 27.5 Å². The largest absolute Gasteiger partial charge is 0.325 e. The summed E-state index contributed by atoms with van der Waals surface area (Å²) in [7, 11) is 0. The minimum atomic E-state index is -0.580. The highest BCUT2D eigenvalue weighted by Gasteiger charge is 2.30. The quantitative estimate of drug-likeness (QED) is 0.834. The van der Waals surface area contributed by atoms with E-state index in [4.69, 9.17) is 0 Å². The van der Waals surface area contributed by atoms with Crippen molar-refractivity contribution < 1.29 is 4.79 Å². The molecule has 110 valence electrons. The Kier molecular flexibility index (Phi) is 4.52. The molecule has 0 atom stereocenters. The van der Waals surface area contributed by atoms with Crippen LogP contribution in [0.15, 0.2) is 46.9 Å². The van der Waals surface area contributed by atoms with Gasteiger partial charge >= 0.3 is 0 Å². The number of benzene rings is 2. The third-order valence-electron chi connectivity index (χ3n) is 3.61. The maximum Gasteiger partial charge on any atom is 0.234 e. The summed E-state index contributed by atoms with van der Waals surface area (Å²) in [6.45, 7) is 8.02. The molecular formula is C18H20BrNO. The molecule has 0 aliphatic carbocycles. The number of hydrogen-bond acceptors (Lipinski definition) is 1. The van der Waals surface area contributed by atoms with E-state index >= 15 is 0 Å². The zero-order chi connectivity index (χ0) is 15.6. The molecule has 0 saturated heterocycles. The second-order valence-electron chi connectivity index (χ2n) is 5.96. The van der Waals surface area contributed by atoms with Crippen molar-refractivity contribution in [1.29, 1.82) is 0 Å². The molecule has 0 heterocycles. The first kappa shape index (κ1) is 15.8. The number of aryl methyl sites for hydroxylation is 2. The van der Waals surface area contributed by atoms with Gasteiger partial charge < -0.3 is 5.32 Å². The summed E-state index contributed by atoms with van der Waals surface area (Å²) in [6.07, 6.45) is 0. The Morgan fingerprint density at radius 3 is 2.05 bits per heavy atom. The Labute approximate surface area is 134 Å². The molecule has 0 bridgehead atoms. The minimum Gasteiger partial charge on any atom is -0.325 e. The van der Waals surface area contributed by atoms with Crippen LogP contribution in [0.5, 0.6) is 0 Å². The lowest BCUT2D eigenvalue weighted by Crippen LogP contribution is -2.34. The van der Waals surface area contributed by atoms with Crippen molar-refractivity contribution in [3.05, 3.63) is 63.6 Å². The molecule has 2 aromatic carbocycles. The summed E-state index contributed by atoms with van der Waals surface area (Å²) in [5, 5.41) is 2.99. The number of anilines is 1. The average molecular weight is 346 g/mol. The van der Waals surface area contributed by atoms with Gasteiger partial charge in [0, 0.05) is 10.2 Å². The molecule has 2 nitrogen and oxygen atoms in total. The van der Waals surface area contributed by atoms with Gasteiger partial charge in [0.1, 0.15) is 0 Å². The SMILES string of the molecule is Cc1cc(C)cc(C(C)(C)C(=O)Nc2ccc(Br)cc2)c1. The van der Waals surface area contributed by atoms with Gasteiger partial charge in [-0.05, 0) is 57.5 Å². The van der Waals surface area contributed by atoms with Gasteiger partial charge in [0.05, 0.1) is 5.41 Å². The highest BCUT2D eigenvalue weighted by Crippen LogP contribution is 2.27. The van der Waals surface area contributed by atoms with Gasteiger partial charge in [0.25, 0.3) is 0 Å². The molecule has 0 spiro atoms. The molecule has 3 heteroatoms. The number of amides is 1. The van der Waals surface area contributed by atoms with Gasteiger partial charge in [-0.1, -0.05) is 45.3 Å². The molecule has 1 N–H and O–H groups in total. The Morgan fingerprint density at radius 2 is 1.52 bits per heavy atom. The van der Waals surface area contributed by atoms with Gasteiger partial charge in [-0.3, -0.25) is 4.79 Å². The number of carbonyl (C=O) groups is 1. The average Bonchev–Trinajstić information content (AvgIpc) is 2.40. The van der Waals surface area contributed by atoms with E-state index in [2.05, 4.69) is 53.3 Å². The molecule has 0 aliphatic rings. The molecular weight excluding hydrogens is 326 g/mol. The zero-order valence-corrected chi connectivity index (χ0v) is 14.4. The van der Waals surface area contributed by atoms with Crippen LogP contribution >= 0.6 is 15.9 Å². The smallest absolute Gasteiger partial charge is 0.234 e. The van der Waals surface area contributed by atoms with Crippen molar-refractivity contribution in [3.8, 4) is 0 Å². The van der Waals surface area contributed by atoms with Crippen LogP contribution in [-0.4, -0.2) is 5.91 Å². The molecule has 21 heavy (non-hydrogen) atoms. The Morgan fingerprint density at radius 1 is 1.00 bits per heavy atom. The Balaban J connectivity index is 2.25. The normalized spacial score (nSPS) is 11.3. The number of nitrogens with one attached hydrogen (secondary N) is 1. The fourth-order valence-corrected chi connectivity index (χ4v) is 2.55. The van der Waals surface area contributed by atoms with E-state index in [0.717, 1.165) is 15.7 Å². The van der Waals surface area contributed by atoms with Crippen LogP contribution in [0, 0.1) is 13.8 Å². The van der Waals surface area contributed by atoms with Crippen LogP contribution in [0.4, 0.5) is 5.69 Å². The zero-order valence-electron chi connectivity index (χ0n) is 12.8. The molecule has 0 aliphatic heterocycles. The highest BCUT2D eigenvalue weighted by molar-refractivity contribution is 9.10. The summed E-state index contributed by atoms with van der Waals surface area (Å²) < 4.78 is 0.995. The summed E-state index contributed by atoms with van der Waals surface area (Å²) >= 11 is 3.39. The van der Waals surface area contributed by atoms with Gasteiger partial charge in [-0.15, -0.1) is 0 Å². The van der Waals surface area contributed by atoms with E-state index in [1.807, 2.05) is 38.1 Å². The maximum absolute atomic E-state index is 12.6. The lowest BCUT2D eigenvalue weighted by atomic mass is 9.82. The number of halogens is 1. The van der Waals surface area contributed by atoms with Gasteiger partial charge in [-0.25, -0.2) is 0 Å². The Hall–Kier alpha value is -1.61. The number of hydrogen-bond donors (Lipinski definition) is 1. The summed E-state index contributed by atoms with van der Waals surface area (Å²) in [5.74, 6) is -0.00479.